The highest BCUT2D eigenvalue weighted by molar-refractivity contribution is 6.37. The van der Waals surface area contributed by atoms with Crippen molar-refractivity contribution < 1.29 is 19.5 Å². The minimum atomic E-state index is -0.383. The molecule has 0 radical (unpaired) electrons. The van der Waals surface area contributed by atoms with E-state index in [0.29, 0.717) is 43.2 Å². The van der Waals surface area contributed by atoms with E-state index in [0.717, 1.165) is 28.0 Å². The van der Waals surface area contributed by atoms with Gasteiger partial charge in [-0.2, -0.15) is 0 Å². The van der Waals surface area contributed by atoms with Crippen molar-refractivity contribution in [2.24, 2.45) is 4.99 Å². The van der Waals surface area contributed by atoms with Crippen molar-refractivity contribution in [1.82, 2.24) is 5.06 Å². The molecular formula is C26H26N2O4. The Labute approximate surface area is 187 Å². The van der Waals surface area contributed by atoms with E-state index < -0.39 is 0 Å². The maximum absolute atomic E-state index is 12.9. The molecule has 2 aliphatic rings. The van der Waals surface area contributed by atoms with E-state index in [4.69, 9.17) is 9.47 Å². The Morgan fingerprint density at radius 1 is 1.16 bits per heavy atom. The predicted octanol–water partition coefficient (Wildman–Crippen LogP) is 4.40. The molecule has 4 rings (SSSR count). The van der Waals surface area contributed by atoms with E-state index in [-0.39, 0.29) is 5.97 Å². The Hall–Kier alpha value is -3.64. The van der Waals surface area contributed by atoms with Gasteiger partial charge >= 0.3 is 5.97 Å². The molecule has 32 heavy (non-hydrogen) atoms. The molecule has 0 aromatic heterocycles. The Balaban J connectivity index is 1.64. The third-order valence-electron chi connectivity index (χ3n) is 5.43. The summed E-state index contributed by atoms with van der Waals surface area (Å²) in [7, 11) is 1.68. The first-order chi connectivity index (χ1) is 15.6. The molecule has 1 heterocycles. The maximum atomic E-state index is 12.9. The molecule has 164 valence electrons. The molecule has 0 unspecified atom stereocenters. The lowest BCUT2D eigenvalue weighted by Gasteiger charge is -2.21. The standard InChI is InChI=1S/C26H26N2O4/c1-3-31-26(29)24-23(18-9-5-4-6-10-18)21-13-12-20(17-22(21)25(24)27-2)32-16-14-19-11-7-8-15-28(19)30/h4-13,17,30H,3,14-16H2,1-2H3. The fourth-order valence-corrected chi connectivity index (χ4v) is 3.98. The van der Waals surface area contributed by atoms with Gasteiger partial charge in [-0.05, 0) is 42.3 Å². The zero-order chi connectivity index (χ0) is 22.5. The van der Waals surface area contributed by atoms with Gasteiger partial charge in [0.05, 0.1) is 31.0 Å². The number of benzene rings is 2. The van der Waals surface area contributed by atoms with Crippen molar-refractivity contribution in [2.45, 2.75) is 13.3 Å². The lowest BCUT2D eigenvalue weighted by atomic mass is 9.97. The molecule has 0 fully saturated rings. The van der Waals surface area contributed by atoms with Crippen LogP contribution in [-0.2, 0) is 9.53 Å². The maximum Gasteiger partial charge on any atom is 0.340 e. The number of hydroxylamine groups is 2. The van der Waals surface area contributed by atoms with Crippen LogP contribution < -0.4 is 4.74 Å². The van der Waals surface area contributed by atoms with Gasteiger partial charge in [-0.15, -0.1) is 0 Å². The quantitative estimate of drug-likeness (QED) is 0.660. The highest BCUT2D eigenvalue weighted by atomic mass is 16.5. The zero-order valence-corrected chi connectivity index (χ0v) is 18.2. The van der Waals surface area contributed by atoms with Crippen LogP contribution in [0.4, 0.5) is 0 Å². The number of nitrogens with zero attached hydrogens (tertiary/aromatic N) is 2. The second kappa shape index (κ2) is 9.66. The largest absolute Gasteiger partial charge is 0.493 e. The lowest BCUT2D eigenvalue weighted by molar-refractivity contribution is -0.137. The summed E-state index contributed by atoms with van der Waals surface area (Å²) in [5.74, 6) is 0.296. The van der Waals surface area contributed by atoms with Crippen LogP contribution >= 0.6 is 0 Å². The Bertz CT molecular complexity index is 1130. The number of fused-ring (bicyclic) bond motifs is 1. The van der Waals surface area contributed by atoms with Crippen LogP contribution in [-0.4, -0.2) is 48.8 Å². The molecule has 1 N–H and O–H groups in total. The van der Waals surface area contributed by atoms with Gasteiger partial charge in [0, 0.05) is 30.3 Å². The van der Waals surface area contributed by atoms with E-state index in [2.05, 4.69) is 4.99 Å². The van der Waals surface area contributed by atoms with E-state index in [1.54, 1.807) is 14.0 Å². The van der Waals surface area contributed by atoms with Gasteiger partial charge in [0.2, 0.25) is 0 Å². The summed E-state index contributed by atoms with van der Waals surface area (Å²) in [5, 5.41) is 11.1. The van der Waals surface area contributed by atoms with Crippen LogP contribution in [0.3, 0.4) is 0 Å². The summed E-state index contributed by atoms with van der Waals surface area (Å²) in [6.45, 7) is 2.98. The van der Waals surface area contributed by atoms with E-state index in [1.807, 2.05) is 66.8 Å². The van der Waals surface area contributed by atoms with Crippen LogP contribution in [0.25, 0.3) is 5.57 Å². The molecular weight excluding hydrogens is 404 g/mol. The van der Waals surface area contributed by atoms with Gasteiger partial charge in [0.1, 0.15) is 5.75 Å². The molecule has 6 nitrogen and oxygen atoms in total. The number of rotatable bonds is 7. The van der Waals surface area contributed by atoms with Crippen molar-refractivity contribution >= 4 is 17.3 Å². The van der Waals surface area contributed by atoms with Gasteiger partial charge in [-0.1, -0.05) is 42.5 Å². The summed E-state index contributed by atoms with van der Waals surface area (Å²) in [4.78, 5) is 17.3. The molecule has 0 atom stereocenters. The Morgan fingerprint density at radius 3 is 2.69 bits per heavy atom. The summed E-state index contributed by atoms with van der Waals surface area (Å²) < 4.78 is 11.3. The normalized spacial score (nSPS) is 16.3. The van der Waals surface area contributed by atoms with Gasteiger partial charge < -0.3 is 9.47 Å². The molecule has 0 bridgehead atoms. The topological polar surface area (TPSA) is 71.4 Å². The molecule has 1 aliphatic heterocycles. The fraction of sp³-hybridized carbons (Fsp3) is 0.231. The molecule has 0 saturated heterocycles. The number of hydrogen-bond donors (Lipinski definition) is 1. The summed E-state index contributed by atoms with van der Waals surface area (Å²) >= 11 is 0. The van der Waals surface area contributed by atoms with E-state index in [9.17, 15) is 10.0 Å². The van der Waals surface area contributed by atoms with Crippen molar-refractivity contribution in [3.05, 3.63) is 94.7 Å². The van der Waals surface area contributed by atoms with Crippen molar-refractivity contribution in [1.29, 1.82) is 0 Å². The minimum Gasteiger partial charge on any atom is -0.493 e. The van der Waals surface area contributed by atoms with Crippen LogP contribution in [0, 0.1) is 0 Å². The van der Waals surface area contributed by atoms with Crippen LogP contribution in [0.15, 0.2) is 83.0 Å². The SMILES string of the molecule is CCOC(=O)C1=C(c2ccccc2)c2ccc(OCCC3=CC=CCN3O)cc2C1=NC. The van der Waals surface area contributed by atoms with Gasteiger partial charge in [-0.25, -0.2) is 4.79 Å². The number of hydrogen-bond acceptors (Lipinski definition) is 6. The Morgan fingerprint density at radius 2 is 1.97 bits per heavy atom. The van der Waals surface area contributed by atoms with E-state index in [1.165, 1.54) is 5.06 Å². The molecule has 2 aromatic rings. The Kier molecular flexibility index (Phi) is 6.52. The first kappa shape index (κ1) is 21.6. The van der Waals surface area contributed by atoms with Gasteiger partial charge in [0.25, 0.3) is 0 Å². The second-order valence-electron chi connectivity index (χ2n) is 7.38. The summed E-state index contributed by atoms with van der Waals surface area (Å²) in [6, 6.07) is 15.6. The summed E-state index contributed by atoms with van der Waals surface area (Å²) in [5.41, 5.74) is 5.41. The smallest absolute Gasteiger partial charge is 0.340 e. The summed E-state index contributed by atoms with van der Waals surface area (Å²) in [6.07, 6.45) is 6.26. The zero-order valence-electron chi connectivity index (χ0n) is 18.2. The molecule has 6 heteroatoms. The molecule has 0 saturated carbocycles. The number of allylic oxidation sites excluding steroid dienone is 2. The number of carbonyl (C=O) groups excluding carboxylic acids is 1. The number of esters is 1. The highest BCUT2D eigenvalue weighted by Gasteiger charge is 2.34. The van der Waals surface area contributed by atoms with Gasteiger partial charge in [0.15, 0.2) is 0 Å². The van der Waals surface area contributed by atoms with Crippen molar-refractivity contribution in [3.8, 4) is 5.75 Å². The van der Waals surface area contributed by atoms with Crippen molar-refractivity contribution in [2.75, 3.05) is 26.8 Å². The third-order valence-corrected chi connectivity index (χ3v) is 5.43. The third kappa shape index (κ3) is 4.22. The minimum absolute atomic E-state index is 0.291. The average molecular weight is 431 g/mol. The number of carbonyl (C=O) groups is 1. The average Bonchev–Trinajstić information content (AvgIpc) is 3.15. The van der Waals surface area contributed by atoms with E-state index >= 15 is 0 Å². The van der Waals surface area contributed by atoms with Crippen molar-refractivity contribution in [3.63, 3.8) is 0 Å². The first-order valence-electron chi connectivity index (χ1n) is 10.7. The lowest BCUT2D eigenvalue weighted by Crippen LogP contribution is -2.21. The molecule has 0 spiro atoms. The number of aliphatic imine (C=N–C) groups is 1. The predicted molar refractivity (Wildman–Crippen MR) is 124 cm³/mol. The van der Waals surface area contributed by atoms with Crippen LogP contribution in [0.1, 0.15) is 30.0 Å². The molecule has 0 amide bonds. The first-order valence-corrected chi connectivity index (χ1v) is 10.7. The monoisotopic (exact) mass is 430 g/mol. The number of ether oxygens (including phenoxy) is 2. The molecule has 1 aliphatic carbocycles. The van der Waals surface area contributed by atoms with Gasteiger partial charge in [-0.3, -0.25) is 15.3 Å². The second-order valence-corrected chi connectivity index (χ2v) is 7.38. The fourth-order valence-electron chi connectivity index (χ4n) is 3.98. The highest BCUT2D eigenvalue weighted by Crippen LogP contribution is 2.40. The van der Waals surface area contributed by atoms with Crippen LogP contribution in [0.5, 0.6) is 5.75 Å². The molecule has 2 aromatic carbocycles. The van der Waals surface area contributed by atoms with Crippen LogP contribution in [0.2, 0.25) is 0 Å².